The van der Waals surface area contributed by atoms with Gasteiger partial charge in [-0.05, 0) is 43.9 Å². The van der Waals surface area contributed by atoms with Crippen LogP contribution in [0, 0.1) is 11.8 Å². The summed E-state index contributed by atoms with van der Waals surface area (Å²) >= 11 is 0. The quantitative estimate of drug-likeness (QED) is 0.727. The second kappa shape index (κ2) is 6.23. The molecule has 4 nitrogen and oxygen atoms in total. The Labute approximate surface area is 116 Å². The van der Waals surface area contributed by atoms with E-state index in [4.69, 9.17) is 5.73 Å². The second-order valence-corrected chi connectivity index (χ2v) is 6.75. The van der Waals surface area contributed by atoms with Crippen LogP contribution in [-0.2, 0) is 4.79 Å². The fourth-order valence-corrected chi connectivity index (χ4v) is 3.66. The Morgan fingerprint density at radius 2 is 2.16 bits per heavy atom. The molecule has 0 aromatic heterocycles. The smallest absolute Gasteiger partial charge is 0.240 e. The molecule has 4 unspecified atom stereocenters. The summed E-state index contributed by atoms with van der Waals surface area (Å²) in [4.78, 5) is 12.3. The maximum absolute atomic E-state index is 12.3. The Kier molecular flexibility index (Phi) is 4.85. The summed E-state index contributed by atoms with van der Waals surface area (Å²) in [5.41, 5.74) is 5.61. The highest BCUT2D eigenvalue weighted by atomic mass is 16.3. The number of rotatable bonds is 3. The first-order chi connectivity index (χ1) is 8.99. The van der Waals surface area contributed by atoms with Gasteiger partial charge in [0.25, 0.3) is 0 Å². The SMILES string of the molecule is CC1CCCC(N)(C(=O)NCC2CCCC(O)C2)C1. The normalized spacial score (nSPS) is 39.8. The van der Waals surface area contributed by atoms with Gasteiger partial charge in [-0.2, -0.15) is 0 Å². The predicted octanol–water partition coefficient (Wildman–Crippen LogP) is 1.56. The number of carbonyl (C=O) groups is 1. The number of aliphatic hydroxyl groups is 1. The van der Waals surface area contributed by atoms with Gasteiger partial charge < -0.3 is 16.2 Å². The van der Waals surface area contributed by atoms with Gasteiger partial charge in [0, 0.05) is 6.54 Å². The van der Waals surface area contributed by atoms with Crippen LogP contribution in [0.25, 0.3) is 0 Å². The van der Waals surface area contributed by atoms with E-state index in [0.717, 1.165) is 44.9 Å². The molecular formula is C15H28N2O2. The third-order valence-corrected chi connectivity index (χ3v) is 4.79. The highest BCUT2D eigenvalue weighted by Gasteiger charge is 2.38. The van der Waals surface area contributed by atoms with Crippen LogP contribution in [0.1, 0.15) is 58.3 Å². The molecule has 0 saturated heterocycles. The number of nitrogens with one attached hydrogen (secondary N) is 1. The number of hydrogen-bond donors (Lipinski definition) is 3. The van der Waals surface area contributed by atoms with Gasteiger partial charge in [-0.1, -0.05) is 26.2 Å². The van der Waals surface area contributed by atoms with Crippen LogP contribution in [0.3, 0.4) is 0 Å². The molecule has 2 aliphatic rings. The first kappa shape index (κ1) is 14.8. The van der Waals surface area contributed by atoms with Crippen LogP contribution in [-0.4, -0.2) is 29.2 Å². The van der Waals surface area contributed by atoms with Gasteiger partial charge in [-0.15, -0.1) is 0 Å². The van der Waals surface area contributed by atoms with E-state index < -0.39 is 5.54 Å². The average molecular weight is 268 g/mol. The predicted molar refractivity (Wildman–Crippen MR) is 75.5 cm³/mol. The highest BCUT2D eigenvalue weighted by Crippen LogP contribution is 2.31. The molecule has 110 valence electrons. The zero-order valence-electron chi connectivity index (χ0n) is 12.0. The maximum atomic E-state index is 12.3. The molecule has 19 heavy (non-hydrogen) atoms. The van der Waals surface area contributed by atoms with Crippen molar-refractivity contribution in [2.45, 2.75) is 69.9 Å². The lowest BCUT2D eigenvalue weighted by atomic mass is 9.76. The van der Waals surface area contributed by atoms with Crippen molar-refractivity contribution >= 4 is 5.91 Å². The zero-order valence-corrected chi connectivity index (χ0v) is 12.0. The molecule has 2 fully saturated rings. The number of aliphatic hydroxyl groups excluding tert-OH is 1. The van der Waals surface area contributed by atoms with Crippen molar-refractivity contribution in [2.75, 3.05) is 6.54 Å². The number of amides is 1. The summed E-state index contributed by atoms with van der Waals surface area (Å²) in [5.74, 6) is 0.970. The van der Waals surface area contributed by atoms with Crippen LogP contribution in [0.15, 0.2) is 0 Å². The van der Waals surface area contributed by atoms with Gasteiger partial charge in [-0.3, -0.25) is 4.79 Å². The van der Waals surface area contributed by atoms with Crippen molar-refractivity contribution in [2.24, 2.45) is 17.6 Å². The zero-order chi connectivity index (χ0) is 13.9. The lowest BCUT2D eigenvalue weighted by Crippen LogP contribution is -2.56. The number of carbonyl (C=O) groups excluding carboxylic acids is 1. The van der Waals surface area contributed by atoms with Crippen LogP contribution in [0.5, 0.6) is 0 Å². The van der Waals surface area contributed by atoms with Gasteiger partial charge in [0.15, 0.2) is 0 Å². The first-order valence-corrected chi connectivity index (χ1v) is 7.75. The fraction of sp³-hybridized carbons (Fsp3) is 0.933. The van der Waals surface area contributed by atoms with E-state index in [2.05, 4.69) is 12.2 Å². The van der Waals surface area contributed by atoms with Crippen LogP contribution >= 0.6 is 0 Å². The van der Waals surface area contributed by atoms with Crippen molar-refractivity contribution in [3.05, 3.63) is 0 Å². The number of hydrogen-bond acceptors (Lipinski definition) is 3. The topological polar surface area (TPSA) is 75.4 Å². The van der Waals surface area contributed by atoms with E-state index in [-0.39, 0.29) is 12.0 Å². The van der Waals surface area contributed by atoms with E-state index in [0.29, 0.717) is 18.4 Å². The molecule has 1 amide bonds. The lowest BCUT2D eigenvalue weighted by Gasteiger charge is -2.36. The Bertz CT molecular complexity index is 321. The van der Waals surface area contributed by atoms with E-state index >= 15 is 0 Å². The molecule has 2 rings (SSSR count). The monoisotopic (exact) mass is 268 g/mol. The Morgan fingerprint density at radius 1 is 1.37 bits per heavy atom. The summed E-state index contributed by atoms with van der Waals surface area (Å²) in [6, 6.07) is 0. The van der Waals surface area contributed by atoms with Crippen LogP contribution < -0.4 is 11.1 Å². The summed E-state index contributed by atoms with van der Waals surface area (Å²) in [6.07, 6.45) is 7.53. The Hall–Kier alpha value is -0.610. The molecule has 0 spiro atoms. The Morgan fingerprint density at radius 3 is 2.84 bits per heavy atom. The second-order valence-electron chi connectivity index (χ2n) is 6.75. The highest BCUT2D eigenvalue weighted by molar-refractivity contribution is 5.86. The minimum atomic E-state index is -0.662. The van der Waals surface area contributed by atoms with Crippen LogP contribution in [0.2, 0.25) is 0 Å². The molecule has 0 aliphatic heterocycles. The lowest BCUT2D eigenvalue weighted by molar-refractivity contribution is -0.128. The largest absolute Gasteiger partial charge is 0.393 e. The Balaban J connectivity index is 1.80. The van der Waals surface area contributed by atoms with Gasteiger partial charge in [0.2, 0.25) is 5.91 Å². The molecule has 2 saturated carbocycles. The van der Waals surface area contributed by atoms with E-state index in [1.54, 1.807) is 0 Å². The molecule has 0 radical (unpaired) electrons. The summed E-state index contributed by atoms with van der Waals surface area (Å²) in [5, 5.41) is 12.7. The third kappa shape index (κ3) is 3.93. The van der Waals surface area contributed by atoms with E-state index in [9.17, 15) is 9.90 Å². The van der Waals surface area contributed by atoms with Crippen molar-refractivity contribution in [3.63, 3.8) is 0 Å². The van der Waals surface area contributed by atoms with Gasteiger partial charge in [0.05, 0.1) is 11.6 Å². The van der Waals surface area contributed by atoms with Gasteiger partial charge in [-0.25, -0.2) is 0 Å². The molecule has 4 atom stereocenters. The van der Waals surface area contributed by atoms with Crippen molar-refractivity contribution in [3.8, 4) is 0 Å². The molecule has 4 heteroatoms. The summed E-state index contributed by atoms with van der Waals surface area (Å²) in [6.45, 7) is 2.84. The standard InChI is InChI=1S/C15H28N2O2/c1-11-4-3-7-15(16,9-11)14(19)17-10-12-5-2-6-13(18)8-12/h11-13,18H,2-10,16H2,1H3,(H,17,19). The molecular weight excluding hydrogens is 240 g/mol. The molecule has 0 heterocycles. The third-order valence-electron chi connectivity index (χ3n) is 4.79. The summed E-state index contributed by atoms with van der Waals surface area (Å²) < 4.78 is 0. The summed E-state index contributed by atoms with van der Waals surface area (Å²) in [7, 11) is 0. The fourth-order valence-electron chi connectivity index (χ4n) is 3.66. The van der Waals surface area contributed by atoms with Crippen molar-refractivity contribution in [1.82, 2.24) is 5.32 Å². The van der Waals surface area contributed by atoms with E-state index in [1.807, 2.05) is 0 Å². The first-order valence-electron chi connectivity index (χ1n) is 7.75. The van der Waals surface area contributed by atoms with Gasteiger partial charge in [0.1, 0.15) is 0 Å². The van der Waals surface area contributed by atoms with Crippen molar-refractivity contribution < 1.29 is 9.90 Å². The van der Waals surface area contributed by atoms with Crippen LogP contribution in [0.4, 0.5) is 0 Å². The molecule has 0 aromatic carbocycles. The van der Waals surface area contributed by atoms with Crippen molar-refractivity contribution in [1.29, 1.82) is 0 Å². The molecule has 2 aliphatic carbocycles. The molecule has 4 N–H and O–H groups in total. The van der Waals surface area contributed by atoms with Gasteiger partial charge >= 0.3 is 0 Å². The molecule has 0 aromatic rings. The molecule has 0 bridgehead atoms. The maximum Gasteiger partial charge on any atom is 0.240 e. The van der Waals surface area contributed by atoms with E-state index in [1.165, 1.54) is 6.42 Å². The minimum absolute atomic E-state index is 0.0131. The minimum Gasteiger partial charge on any atom is -0.393 e. The average Bonchev–Trinajstić information content (AvgIpc) is 2.35. The number of nitrogens with two attached hydrogens (primary N) is 1.